The van der Waals surface area contributed by atoms with Crippen molar-refractivity contribution >= 4 is 17.9 Å². The van der Waals surface area contributed by atoms with Gasteiger partial charge in [-0.15, -0.1) is 0 Å². The van der Waals surface area contributed by atoms with Crippen molar-refractivity contribution in [3.8, 4) is 0 Å². The van der Waals surface area contributed by atoms with Crippen LogP contribution in [0.15, 0.2) is 51.7 Å². The molecule has 2 aromatic heterocycles. The van der Waals surface area contributed by atoms with E-state index in [0.717, 1.165) is 0 Å². The lowest BCUT2D eigenvalue weighted by Gasteiger charge is -2.03. The van der Waals surface area contributed by atoms with E-state index in [2.05, 4.69) is 10.6 Å². The molecule has 0 aromatic carbocycles. The van der Waals surface area contributed by atoms with Crippen molar-refractivity contribution in [1.82, 2.24) is 10.6 Å². The zero-order chi connectivity index (χ0) is 14.2. The van der Waals surface area contributed by atoms with E-state index in [9.17, 15) is 9.59 Å². The molecule has 2 aromatic rings. The van der Waals surface area contributed by atoms with Crippen LogP contribution in [0.3, 0.4) is 0 Å². The molecule has 0 radical (unpaired) electrons. The van der Waals surface area contributed by atoms with Crippen molar-refractivity contribution in [2.24, 2.45) is 0 Å². The third-order valence-electron chi connectivity index (χ3n) is 2.41. The first-order chi connectivity index (χ1) is 9.74. The Hall–Kier alpha value is -2.76. The molecule has 0 bridgehead atoms. The summed E-state index contributed by atoms with van der Waals surface area (Å²) in [6, 6.07) is 6.94. The van der Waals surface area contributed by atoms with Crippen LogP contribution in [0.4, 0.5) is 0 Å². The molecule has 0 atom stereocenters. The fourth-order valence-corrected chi connectivity index (χ4v) is 1.43. The number of rotatable bonds is 6. The largest absolute Gasteiger partial charge is 0.467 e. The third-order valence-corrected chi connectivity index (χ3v) is 2.41. The van der Waals surface area contributed by atoms with E-state index in [1.54, 1.807) is 24.3 Å². The molecule has 0 aliphatic carbocycles. The molecule has 2 rings (SSSR count). The van der Waals surface area contributed by atoms with Crippen LogP contribution in [0.5, 0.6) is 0 Å². The van der Waals surface area contributed by atoms with Gasteiger partial charge in [-0.1, -0.05) is 0 Å². The molecule has 0 aliphatic heterocycles. The highest BCUT2D eigenvalue weighted by Gasteiger charge is 2.04. The molecule has 0 spiro atoms. The average molecular weight is 274 g/mol. The van der Waals surface area contributed by atoms with E-state index in [1.165, 1.54) is 24.7 Å². The topological polar surface area (TPSA) is 84.5 Å². The van der Waals surface area contributed by atoms with Crippen LogP contribution in [0.25, 0.3) is 6.08 Å². The zero-order valence-electron chi connectivity index (χ0n) is 10.7. The molecule has 104 valence electrons. The Morgan fingerprint density at radius 2 is 1.90 bits per heavy atom. The molecular weight excluding hydrogens is 260 g/mol. The summed E-state index contributed by atoms with van der Waals surface area (Å²) >= 11 is 0. The monoisotopic (exact) mass is 274 g/mol. The van der Waals surface area contributed by atoms with E-state index in [4.69, 9.17) is 8.83 Å². The van der Waals surface area contributed by atoms with Crippen LogP contribution in [0, 0.1) is 0 Å². The molecule has 2 heterocycles. The standard InChI is InChI=1S/C14H14N2O4/c17-13(6-5-11-3-1-7-19-11)16-10-14(18)15-9-12-4-2-8-20-12/h1-8H,9-10H2,(H,15,18)(H,16,17)/b6-5+. The van der Waals surface area contributed by atoms with Gasteiger partial charge in [0, 0.05) is 6.08 Å². The first-order valence-corrected chi connectivity index (χ1v) is 6.02. The second-order valence-corrected chi connectivity index (χ2v) is 3.92. The summed E-state index contributed by atoms with van der Waals surface area (Å²) in [5.41, 5.74) is 0. The fraction of sp³-hybridized carbons (Fsp3) is 0.143. The van der Waals surface area contributed by atoms with Gasteiger partial charge in [0.05, 0.1) is 25.6 Å². The Labute approximate surface area is 115 Å². The van der Waals surface area contributed by atoms with Gasteiger partial charge in [0.15, 0.2) is 0 Å². The van der Waals surface area contributed by atoms with Gasteiger partial charge in [-0.2, -0.15) is 0 Å². The molecule has 6 heteroatoms. The Morgan fingerprint density at radius 1 is 1.10 bits per heavy atom. The average Bonchev–Trinajstić information content (AvgIpc) is 3.13. The number of furan rings is 2. The van der Waals surface area contributed by atoms with E-state index >= 15 is 0 Å². The summed E-state index contributed by atoms with van der Waals surface area (Å²) in [5, 5.41) is 5.08. The maximum atomic E-state index is 11.5. The Morgan fingerprint density at radius 3 is 2.60 bits per heavy atom. The van der Waals surface area contributed by atoms with Crippen LogP contribution >= 0.6 is 0 Å². The van der Waals surface area contributed by atoms with E-state index in [-0.39, 0.29) is 18.4 Å². The SMILES string of the molecule is O=C(/C=C/c1ccco1)NCC(=O)NCc1ccco1. The summed E-state index contributed by atoms with van der Waals surface area (Å²) in [5.74, 6) is 0.570. The van der Waals surface area contributed by atoms with Crippen molar-refractivity contribution in [3.05, 3.63) is 54.4 Å². The summed E-state index contributed by atoms with van der Waals surface area (Å²) in [4.78, 5) is 22.9. The molecule has 0 aliphatic rings. The van der Waals surface area contributed by atoms with Crippen molar-refractivity contribution in [2.45, 2.75) is 6.54 Å². The Kier molecular flexibility index (Phi) is 4.77. The van der Waals surface area contributed by atoms with Gasteiger partial charge in [0.2, 0.25) is 11.8 Å². The highest BCUT2D eigenvalue weighted by atomic mass is 16.3. The zero-order valence-corrected chi connectivity index (χ0v) is 10.7. The van der Waals surface area contributed by atoms with Gasteiger partial charge < -0.3 is 19.5 Å². The van der Waals surface area contributed by atoms with Crippen molar-refractivity contribution in [2.75, 3.05) is 6.54 Å². The van der Waals surface area contributed by atoms with Crippen LogP contribution in [-0.2, 0) is 16.1 Å². The predicted molar refractivity (Wildman–Crippen MR) is 71.3 cm³/mol. The van der Waals surface area contributed by atoms with Crippen molar-refractivity contribution in [1.29, 1.82) is 0 Å². The third kappa shape index (κ3) is 4.49. The Balaban J connectivity index is 1.66. The smallest absolute Gasteiger partial charge is 0.244 e. The number of carbonyl (C=O) groups excluding carboxylic acids is 2. The number of amides is 2. The lowest BCUT2D eigenvalue weighted by molar-refractivity contribution is -0.124. The first-order valence-electron chi connectivity index (χ1n) is 6.02. The van der Waals surface area contributed by atoms with Crippen LogP contribution in [0.2, 0.25) is 0 Å². The molecule has 0 unspecified atom stereocenters. The van der Waals surface area contributed by atoms with E-state index in [1.807, 2.05) is 0 Å². The number of carbonyl (C=O) groups is 2. The second-order valence-electron chi connectivity index (χ2n) is 3.92. The molecule has 0 fully saturated rings. The van der Waals surface area contributed by atoms with Gasteiger partial charge in [0.1, 0.15) is 11.5 Å². The molecule has 2 amide bonds. The summed E-state index contributed by atoms with van der Waals surface area (Å²) in [7, 11) is 0. The predicted octanol–water partition coefficient (Wildman–Crippen LogP) is 1.32. The van der Waals surface area contributed by atoms with Crippen LogP contribution in [-0.4, -0.2) is 18.4 Å². The number of hydrogen-bond donors (Lipinski definition) is 2. The second kappa shape index (κ2) is 6.98. The van der Waals surface area contributed by atoms with Crippen molar-refractivity contribution in [3.63, 3.8) is 0 Å². The highest BCUT2D eigenvalue weighted by molar-refractivity contribution is 5.93. The fourth-order valence-electron chi connectivity index (χ4n) is 1.43. The minimum atomic E-state index is -0.366. The van der Waals surface area contributed by atoms with Gasteiger partial charge >= 0.3 is 0 Å². The van der Waals surface area contributed by atoms with Crippen LogP contribution in [0.1, 0.15) is 11.5 Å². The van der Waals surface area contributed by atoms with Gasteiger partial charge in [-0.3, -0.25) is 9.59 Å². The maximum Gasteiger partial charge on any atom is 0.244 e. The first kappa shape index (κ1) is 13.7. The number of nitrogens with one attached hydrogen (secondary N) is 2. The number of hydrogen-bond acceptors (Lipinski definition) is 4. The maximum absolute atomic E-state index is 11.5. The normalized spacial score (nSPS) is 10.6. The minimum Gasteiger partial charge on any atom is -0.467 e. The van der Waals surface area contributed by atoms with E-state index in [0.29, 0.717) is 18.1 Å². The molecule has 2 N–H and O–H groups in total. The quantitative estimate of drug-likeness (QED) is 0.778. The van der Waals surface area contributed by atoms with Crippen molar-refractivity contribution < 1.29 is 18.4 Å². The molecule has 20 heavy (non-hydrogen) atoms. The molecule has 0 saturated carbocycles. The molecule has 0 saturated heterocycles. The molecule has 6 nitrogen and oxygen atoms in total. The van der Waals surface area contributed by atoms with Gasteiger partial charge in [-0.05, 0) is 30.3 Å². The van der Waals surface area contributed by atoms with Crippen LogP contribution < -0.4 is 10.6 Å². The van der Waals surface area contributed by atoms with E-state index < -0.39 is 0 Å². The minimum absolute atomic E-state index is 0.0952. The lowest BCUT2D eigenvalue weighted by atomic mass is 10.4. The molecular formula is C14H14N2O4. The lowest BCUT2D eigenvalue weighted by Crippen LogP contribution is -2.35. The Bertz CT molecular complexity index is 570. The van der Waals surface area contributed by atoms with Gasteiger partial charge in [0.25, 0.3) is 0 Å². The summed E-state index contributed by atoms with van der Waals surface area (Å²) < 4.78 is 10.1. The highest BCUT2D eigenvalue weighted by Crippen LogP contribution is 2.01. The summed E-state index contributed by atoms with van der Waals surface area (Å²) in [6.07, 6.45) is 5.87. The van der Waals surface area contributed by atoms with Gasteiger partial charge in [-0.25, -0.2) is 0 Å². The summed E-state index contributed by atoms with van der Waals surface area (Å²) in [6.45, 7) is 0.200.